The van der Waals surface area contributed by atoms with Gasteiger partial charge in [0.15, 0.2) is 0 Å². The number of anilines is 1. The van der Waals surface area contributed by atoms with Crippen molar-refractivity contribution in [3.63, 3.8) is 0 Å². The van der Waals surface area contributed by atoms with Crippen LogP contribution in [0.2, 0.25) is 5.02 Å². The third-order valence-corrected chi connectivity index (χ3v) is 7.36. The van der Waals surface area contributed by atoms with Crippen molar-refractivity contribution in [2.24, 2.45) is 5.41 Å². The minimum Gasteiger partial charge on any atom is -0.370 e. The van der Waals surface area contributed by atoms with Gasteiger partial charge in [-0.2, -0.15) is 0 Å². The summed E-state index contributed by atoms with van der Waals surface area (Å²) < 4.78 is 3.45. The number of nitrogens with zero attached hydrogens (tertiary/aromatic N) is 4. The summed E-state index contributed by atoms with van der Waals surface area (Å²) in [5, 5.41) is 3.48. The van der Waals surface area contributed by atoms with Crippen molar-refractivity contribution in [2.45, 2.75) is 39.3 Å². The maximum absolute atomic E-state index is 13.6. The molecule has 0 unspecified atom stereocenters. The summed E-state index contributed by atoms with van der Waals surface area (Å²) in [7, 11) is 2.18. The van der Waals surface area contributed by atoms with Gasteiger partial charge >= 0.3 is 0 Å². The number of halogens is 1. The average Bonchev–Trinajstić information content (AvgIpc) is 3.19. The minimum atomic E-state index is -0.191. The molecular weight excluding hydrogens is 450 g/mol. The summed E-state index contributed by atoms with van der Waals surface area (Å²) in [6, 6.07) is 9.35. The molecule has 2 aliphatic heterocycles. The fourth-order valence-electron chi connectivity index (χ4n) is 5.57. The summed E-state index contributed by atoms with van der Waals surface area (Å²) in [4.78, 5) is 31.0. The standard InChI is InChI=1S/C26H32ClN5O2/c1-18(2)28-24(33)15-32-23(19-5-4-6-20(27)11-19)14-31-13-21(12-22(31)25(32)34)30-9-7-26(8-10-30)16-29(3)17-26/h4-6,11-14,18H,7-10,15-17H2,1-3H3,(H,28,33). The molecular formula is C26H32ClN5O2. The number of nitrogens with one attached hydrogen (secondary N) is 1. The number of carbonyl (C=O) groups excluding carboxylic acids is 1. The third-order valence-electron chi connectivity index (χ3n) is 7.12. The maximum Gasteiger partial charge on any atom is 0.275 e. The van der Waals surface area contributed by atoms with Gasteiger partial charge in [0, 0.05) is 55.2 Å². The zero-order valence-corrected chi connectivity index (χ0v) is 20.8. The van der Waals surface area contributed by atoms with E-state index in [1.807, 2.05) is 54.9 Å². The number of hydrogen-bond donors (Lipinski definition) is 1. The number of likely N-dealkylation sites (tertiary alicyclic amines) is 1. The van der Waals surface area contributed by atoms with Crippen LogP contribution in [-0.4, -0.2) is 59.0 Å². The first-order valence-corrected chi connectivity index (χ1v) is 12.4. The van der Waals surface area contributed by atoms with Crippen LogP contribution in [-0.2, 0) is 11.3 Å². The summed E-state index contributed by atoms with van der Waals surface area (Å²) in [5.41, 5.74) is 3.38. The fourth-order valence-corrected chi connectivity index (χ4v) is 5.76. The SMILES string of the molecule is CC(C)NC(=O)Cn1c(-c2cccc(Cl)c2)cn2cc(N3CCC4(CC3)CN(C)C4)cc2c1=O. The number of carbonyl (C=O) groups is 1. The Balaban J connectivity index is 1.52. The van der Waals surface area contributed by atoms with Crippen LogP contribution < -0.4 is 15.8 Å². The fraction of sp³-hybridized carbons (Fsp3) is 0.462. The van der Waals surface area contributed by atoms with E-state index in [-0.39, 0.29) is 24.1 Å². The van der Waals surface area contributed by atoms with E-state index < -0.39 is 0 Å². The summed E-state index contributed by atoms with van der Waals surface area (Å²) in [6.07, 6.45) is 6.32. The first-order valence-electron chi connectivity index (χ1n) is 12.0. The molecule has 2 aromatic heterocycles. The van der Waals surface area contributed by atoms with Crippen molar-refractivity contribution in [2.75, 3.05) is 38.1 Å². The number of fused-ring (bicyclic) bond motifs is 1. The van der Waals surface area contributed by atoms with Crippen molar-refractivity contribution < 1.29 is 4.79 Å². The summed E-state index contributed by atoms with van der Waals surface area (Å²) in [5.74, 6) is -0.191. The van der Waals surface area contributed by atoms with Crippen LogP contribution in [0.5, 0.6) is 0 Å². The monoisotopic (exact) mass is 481 g/mol. The third kappa shape index (κ3) is 4.34. The Morgan fingerprint density at radius 1 is 1.15 bits per heavy atom. The molecule has 180 valence electrons. The van der Waals surface area contributed by atoms with Gasteiger partial charge in [0.25, 0.3) is 5.56 Å². The Morgan fingerprint density at radius 2 is 1.88 bits per heavy atom. The molecule has 0 bridgehead atoms. The number of piperidine rings is 1. The second kappa shape index (κ2) is 8.78. The Bertz CT molecular complexity index is 1280. The van der Waals surface area contributed by atoms with Gasteiger partial charge in [0.2, 0.25) is 5.91 Å². The molecule has 0 atom stereocenters. The molecule has 8 heteroatoms. The number of aromatic nitrogens is 2. The molecule has 0 radical (unpaired) electrons. The van der Waals surface area contributed by atoms with Gasteiger partial charge in [-0.25, -0.2) is 0 Å². The number of hydrogen-bond acceptors (Lipinski definition) is 4. The molecule has 3 aromatic rings. The molecule has 1 spiro atoms. The Kier molecular flexibility index (Phi) is 5.94. The van der Waals surface area contributed by atoms with Gasteiger partial charge in [-0.3, -0.25) is 14.2 Å². The Hall–Kier alpha value is -2.77. The van der Waals surface area contributed by atoms with Crippen LogP contribution in [0.3, 0.4) is 0 Å². The van der Waals surface area contributed by atoms with E-state index in [1.54, 1.807) is 10.6 Å². The zero-order chi connectivity index (χ0) is 24.0. The van der Waals surface area contributed by atoms with E-state index in [4.69, 9.17) is 11.6 Å². The zero-order valence-electron chi connectivity index (χ0n) is 20.1. The summed E-state index contributed by atoms with van der Waals surface area (Å²) >= 11 is 6.25. The van der Waals surface area contributed by atoms with Gasteiger partial charge in [0.1, 0.15) is 12.1 Å². The lowest BCUT2D eigenvalue weighted by atomic mass is 9.72. The van der Waals surface area contributed by atoms with Crippen molar-refractivity contribution in [1.82, 2.24) is 19.2 Å². The van der Waals surface area contributed by atoms with Crippen LogP contribution in [0, 0.1) is 5.41 Å². The average molecular weight is 482 g/mol. The van der Waals surface area contributed by atoms with Crippen LogP contribution in [0.4, 0.5) is 5.69 Å². The molecule has 1 N–H and O–H groups in total. The highest BCUT2D eigenvalue weighted by molar-refractivity contribution is 6.30. The van der Waals surface area contributed by atoms with E-state index in [1.165, 1.54) is 25.9 Å². The van der Waals surface area contributed by atoms with E-state index in [0.717, 1.165) is 24.3 Å². The van der Waals surface area contributed by atoms with Gasteiger partial charge < -0.3 is 19.5 Å². The molecule has 1 amide bonds. The predicted octanol–water partition coefficient (Wildman–Crippen LogP) is 3.48. The highest BCUT2D eigenvalue weighted by Gasteiger charge is 2.43. The highest BCUT2D eigenvalue weighted by Crippen LogP contribution is 2.40. The van der Waals surface area contributed by atoms with Crippen molar-refractivity contribution >= 4 is 28.7 Å². The highest BCUT2D eigenvalue weighted by atomic mass is 35.5. The molecule has 7 nitrogen and oxygen atoms in total. The predicted molar refractivity (Wildman–Crippen MR) is 137 cm³/mol. The van der Waals surface area contributed by atoms with Crippen LogP contribution in [0.15, 0.2) is 47.5 Å². The lowest BCUT2D eigenvalue weighted by molar-refractivity contribution is -0.122. The largest absolute Gasteiger partial charge is 0.370 e. The Morgan fingerprint density at radius 3 is 2.53 bits per heavy atom. The van der Waals surface area contributed by atoms with E-state index in [2.05, 4.69) is 22.2 Å². The topological polar surface area (TPSA) is 62.0 Å². The lowest BCUT2D eigenvalue weighted by Crippen LogP contribution is -2.58. The minimum absolute atomic E-state index is 0.000643. The van der Waals surface area contributed by atoms with Crippen molar-refractivity contribution in [3.8, 4) is 11.3 Å². The molecule has 0 aliphatic carbocycles. The summed E-state index contributed by atoms with van der Waals surface area (Å²) in [6.45, 7) is 8.13. The molecule has 2 fully saturated rings. The number of amides is 1. The van der Waals surface area contributed by atoms with E-state index >= 15 is 0 Å². The first kappa shape index (κ1) is 23.0. The number of rotatable bonds is 5. The van der Waals surface area contributed by atoms with Gasteiger partial charge in [0.05, 0.1) is 11.4 Å². The molecule has 5 rings (SSSR count). The van der Waals surface area contributed by atoms with Gasteiger partial charge in [-0.05, 0) is 57.4 Å². The van der Waals surface area contributed by atoms with Crippen molar-refractivity contribution in [1.29, 1.82) is 0 Å². The first-order chi connectivity index (χ1) is 16.2. The molecule has 34 heavy (non-hydrogen) atoms. The molecule has 0 saturated carbocycles. The maximum atomic E-state index is 13.6. The molecule has 2 aliphatic rings. The molecule has 4 heterocycles. The quantitative estimate of drug-likeness (QED) is 0.606. The van der Waals surface area contributed by atoms with Crippen LogP contribution >= 0.6 is 11.6 Å². The molecule has 2 saturated heterocycles. The van der Waals surface area contributed by atoms with Gasteiger partial charge in [-0.15, -0.1) is 0 Å². The second-order valence-corrected chi connectivity index (χ2v) is 10.7. The van der Waals surface area contributed by atoms with E-state index in [9.17, 15) is 9.59 Å². The lowest BCUT2D eigenvalue weighted by Gasteiger charge is -2.53. The normalized spacial score (nSPS) is 18.0. The van der Waals surface area contributed by atoms with Crippen molar-refractivity contribution in [3.05, 3.63) is 58.1 Å². The van der Waals surface area contributed by atoms with Gasteiger partial charge in [-0.1, -0.05) is 23.7 Å². The van der Waals surface area contributed by atoms with Crippen LogP contribution in [0.25, 0.3) is 16.8 Å². The smallest absolute Gasteiger partial charge is 0.275 e. The second-order valence-electron chi connectivity index (χ2n) is 10.3. The number of benzene rings is 1. The Labute approximate surface area is 204 Å². The van der Waals surface area contributed by atoms with E-state index in [0.29, 0.717) is 21.6 Å². The molecule has 1 aromatic carbocycles. The van der Waals surface area contributed by atoms with Crippen LogP contribution in [0.1, 0.15) is 26.7 Å².